The molecule has 0 unspecified atom stereocenters. The van der Waals surface area contributed by atoms with E-state index in [1.807, 2.05) is 38.1 Å². The molecule has 2 rings (SSSR count). The lowest BCUT2D eigenvalue weighted by atomic mass is 10.1. The summed E-state index contributed by atoms with van der Waals surface area (Å²) in [6.45, 7) is 7.36. The van der Waals surface area contributed by atoms with E-state index < -0.39 is 5.97 Å². The van der Waals surface area contributed by atoms with Gasteiger partial charge < -0.3 is 29.4 Å². The lowest BCUT2D eigenvalue weighted by molar-refractivity contribution is -0.136. The van der Waals surface area contributed by atoms with Crippen molar-refractivity contribution in [3.05, 3.63) is 59.7 Å². The second-order valence-electron chi connectivity index (χ2n) is 6.81. The lowest BCUT2D eigenvalue weighted by Gasteiger charge is -2.07. The number of carboxylic acid groups (broad SMARTS) is 1. The van der Waals surface area contributed by atoms with E-state index in [1.54, 1.807) is 31.3 Å². The van der Waals surface area contributed by atoms with Crippen LogP contribution in [-0.2, 0) is 31.9 Å². The SMILES string of the molecule is CCOCCOc1cccc(CC(=O)NC)c1.CCOCCOc1cccc(CC(=O)O)c1. The summed E-state index contributed by atoms with van der Waals surface area (Å²) in [4.78, 5) is 21.7. The average Bonchev–Trinajstić information content (AvgIpc) is 2.80. The predicted molar refractivity (Wildman–Crippen MR) is 126 cm³/mol. The second kappa shape index (κ2) is 17.5. The summed E-state index contributed by atoms with van der Waals surface area (Å²) < 4.78 is 21.2. The molecule has 2 aromatic carbocycles. The quantitative estimate of drug-likeness (QED) is 0.417. The Kier molecular flexibility index (Phi) is 14.8. The summed E-state index contributed by atoms with van der Waals surface area (Å²) >= 11 is 0. The maximum absolute atomic E-state index is 11.2. The minimum atomic E-state index is -0.841. The molecule has 0 heterocycles. The Morgan fingerprint density at radius 2 is 1.27 bits per heavy atom. The lowest BCUT2D eigenvalue weighted by Crippen LogP contribution is -2.19. The number of hydrogen-bond acceptors (Lipinski definition) is 6. The van der Waals surface area contributed by atoms with E-state index in [1.165, 1.54) is 0 Å². The molecule has 0 aliphatic carbocycles. The third-order valence-corrected chi connectivity index (χ3v) is 4.20. The molecular weight excluding hydrogens is 426 g/mol. The second-order valence-corrected chi connectivity index (χ2v) is 6.81. The van der Waals surface area contributed by atoms with Gasteiger partial charge in [0.15, 0.2) is 0 Å². The van der Waals surface area contributed by atoms with Crippen LogP contribution in [0.4, 0.5) is 0 Å². The van der Waals surface area contributed by atoms with Crippen molar-refractivity contribution >= 4 is 11.9 Å². The van der Waals surface area contributed by atoms with Crippen LogP contribution in [0.1, 0.15) is 25.0 Å². The summed E-state index contributed by atoms with van der Waals surface area (Å²) in [5.41, 5.74) is 1.68. The van der Waals surface area contributed by atoms with Crippen molar-refractivity contribution in [2.24, 2.45) is 0 Å². The zero-order valence-corrected chi connectivity index (χ0v) is 19.7. The zero-order chi connectivity index (χ0) is 24.3. The number of benzene rings is 2. The first-order chi connectivity index (χ1) is 16.0. The molecule has 0 atom stereocenters. The minimum Gasteiger partial charge on any atom is -0.491 e. The van der Waals surface area contributed by atoms with Gasteiger partial charge >= 0.3 is 5.97 Å². The van der Waals surface area contributed by atoms with Gasteiger partial charge in [-0.3, -0.25) is 9.59 Å². The molecule has 0 bridgehead atoms. The zero-order valence-electron chi connectivity index (χ0n) is 19.7. The summed E-state index contributed by atoms with van der Waals surface area (Å²) in [7, 11) is 1.63. The smallest absolute Gasteiger partial charge is 0.307 e. The Morgan fingerprint density at radius 3 is 1.70 bits per heavy atom. The van der Waals surface area contributed by atoms with E-state index in [2.05, 4.69) is 5.32 Å². The molecule has 8 heteroatoms. The number of aliphatic carboxylic acids is 1. The third-order valence-electron chi connectivity index (χ3n) is 4.20. The normalized spacial score (nSPS) is 10.0. The van der Waals surface area contributed by atoms with Gasteiger partial charge in [0.05, 0.1) is 26.1 Å². The summed E-state index contributed by atoms with van der Waals surface area (Å²) in [6, 6.07) is 14.6. The van der Waals surface area contributed by atoms with Crippen LogP contribution < -0.4 is 14.8 Å². The van der Waals surface area contributed by atoms with Gasteiger partial charge in [0.2, 0.25) is 5.91 Å². The molecule has 182 valence electrons. The Hall–Kier alpha value is -3.10. The fourth-order valence-electron chi connectivity index (χ4n) is 2.66. The van der Waals surface area contributed by atoms with Crippen LogP contribution in [0.15, 0.2) is 48.5 Å². The highest BCUT2D eigenvalue weighted by Crippen LogP contribution is 2.14. The van der Waals surface area contributed by atoms with Crippen LogP contribution in [0.3, 0.4) is 0 Å². The van der Waals surface area contributed by atoms with Crippen LogP contribution in [0.5, 0.6) is 11.5 Å². The van der Waals surface area contributed by atoms with Gasteiger partial charge in [-0.15, -0.1) is 0 Å². The molecule has 8 nitrogen and oxygen atoms in total. The van der Waals surface area contributed by atoms with Crippen molar-refractivity contribution < 1.29 is 33.6 Å². The van der Waals surface area contributed by atoms with E-state index in [0.29, 0.717) is 51.8 Å². The fourth-order valence-corrected chi connectivity index (χ4v) is 2.66. The molecule has 0 radical (unpaired) electrons. The first kappa shape index (κ1) is 27.9. The Balaban J connectivity index is 0.000000331. The first-order valence-electron chi connectivity index (χ1n) is 11.0. The maximum Gasteiger partial charge on any atom is 0.307 e. The number of ether oxygens (including phenoxy) is 4. The number of rotatable bonds is 14. The fraction of sp³-hybridized carbons (Fsp3) is 0.440. The van der Waals surface area contributed by atoms with Crippen molar-refractivity contribution in [2.75, 3.05) is 46.7 Å². The molecule has 0 aromatic heterocycles. The van der Waals surface area contributed by atoms with Crippen LogP contribution >= 0.6 is 0 Å². The molecule has 0 saturated heterocycles. The maximum atomic E-state index is 11.2. The Bertz CT molecular complexity index is 826. The van der Waals surface area contributed by atoms with Crippen molar-refractivity contribution in [3.8, 4) is 11.5 Å². The summed E-state index contributed by atoms with van der Waals surface area (Å²) in [5.74, 6) is 0.604. The monoisotopic (exact) mass is 461 g/mol. The molecule has 2 aromatic rings. The van der Waals surface area contributed by atoms with E-state index >= 15 is 0 Å². The highest BCUT2D eigenvalue weighted by Gasteiger charge is 2.03. The molecular formula is C25H35NO7. The van der Waals surface area contributed by atoms with Gasteiger partial charge in [-0.1, -0.05) is 24.3 Å². The van der Waals surface area contributed by atoms with Gasteiger partial charge in [-0.25, -0.2) is 0 Å². The van der Waals surface area contributed by atoms with Crippen molar-refractivity contribution in [2.45, 2.75) is 26.7 Å². The number of hydrogen-bond donors (Lipinski definition) is 2. The predicted octanol–water partition coefficient (Wildman–Crippen LogP) is 3.12. The van der Waals surface area contributed by atoms with Crippen LogP contribution in [0.25, 0.3) is 0 Å². The first-order valence-corrected chi connectivity index (χ1v) is 11.0. The van der Waals surface area contributed by atoms with E-state index in [9.17, 15) is 9.59 Å². The van der Waals surface area contributed by atoms with Gasteiger partial charge in [0.1, 0.15) is 24.7 Å². The van der Waals surface area contributed by atoms with Crippen molar-refractivity contribution in [1.29, 1.82) is 0 Å². The molecule has 0 aliphatic heterocycles. The highest BCUT2D eigenvalue weighted by atomic mass is 16.5. The number of carbonyl (C=O) groups is 2. The molecule has 0 fully saturated rings. The third kappa shape index (κ3) is 13.8. The van der Waals surface area contributed by atoms with Crippen molar-refractivity contribution in [1.82, 2.24) is 5.32 Å². The van der Waals surface area contributed by atoms with Gasteiger partial charge in [0.25, 0.3) is 0 Å². The van der Waals surface area contributed by atoms with E-state index in [4.69, 9.17) is 24.1 Å². The highest BCUT2D eigenvalue weighted by molar-refractivity contribution is 5.78. The molecule has 0 saturated carbocycles. The summed E-state index contributed by atoms with van der Waals surface area (Å²) in [5, 5.41) is 11.2. The van der Waals surface area contributed by atoms with Crippen LogP contribution in [0.2, 0.25) is 0 Å². The topological polar surface area (TPSA) is 103 Å². The van der Waals surface area contributed by atoms with Crippen LogP contribution in [0, 0.1) is 0 Å². The molecule has 2 N–H and O–H groups in total. The van der Waals surface area contributed by atoms with Crippen molar-refractivity contribution in [3.63, 3.8) is 0 Å². The molecule has 0 aliphatic rings. The summed E-state index contributed by atoms with van der Waals surface area (Å²) in [6.07, 6.45) is 0.391. The van der Waals surface area contributed by atoms with E-state index in [0.717, 1.165) is 16.9 Å². The minimum absolute atomic E-state index is 0.00327. The Labute approximate surface area is 195 Å². The number of carbonyl (C=O) groups excluding carboxylic acids is 1. The average molecular weight is 462 g/mol. The van der Waals surface area contributed by atoms with Gasteiger partial charge in [-0.2, -0.15) is 0 Å². The number of nitrogens with one attached hydrogen (secondary N) is 1. The largest absolute Gasteiger partial charge is 0.491 e. The number of carboxylic acids is 1. The number of likely N-dealkylation sites (N-methyl/N-ethyl adjacent to an activating group) is 1. The van der Waals surface area contributed by atoms with Gasteiger partial charge in [-0.05, 0) is 49.2 Å². The number of amides is 1. The molecule has 1 amide bonds. The molecule has 0 spiro atoms. The van der Waals surface area contributed by atoms with Crippen LogP contribution in [-0.4, -0.2) is 63.7 Å². The van der Waals surface area contributed by atoms with E-state index in [-0.39, 0.29) is 12.3 Å². The van der Waals surface area contributed by atoms with Gasteiger partial charge in [0, 0.05) is 20.3 Å². The standard InChI is InChI=1S/C13H19NO3.C12H16O4/c1-3-16-7-8-17-12-6-4-5-11(9-12)10-13(15)14-2;1-2-15-6-7-16-11-5-3-4-10(8-11)9-12(13)14/h4-6,9H,3,7-8,10H2,1-2H3,(H,14,15);3-5,8H,2,6-7,9H2,1H3,(H,13,14). The Morgan fingerprint density at radius 1 is 0.788 bits per heavy atom. The molecule has 33 heavy (non-hydrogen) atoms.